The van der Waals surface area contributed by atoms with Crippen molar-refractivity contribution in [1.29, 1.82) is 0 Å². The maximum absolute atomic E-state index is 12.6. The highest BCUT2D eigenvalue weighted by atomic mass is 35.5. The van der Waals surface area contributed by atoms with Gasteiger partial charge in [-0.3, -0.25) is 9.48 Å². The molecule has 0 fully saturated rings. The summed E-state index contributed by atoms with van der Waals surface area (Å²) in [7, 11) is 1.79. The molecule has 3 aromatic rings. The Morgan fingerprint density at radius 1 is 1.21 bits per heavy atom. The van der Waals surface area contributed by atoms with E-state index >= 15 is 0 Å². The van der Waals surface area contributed by atoms with E-state index in [0.717, 1.165) is 0 Å². The number of halogens is 2. The lowest BCUT2D eigenvalue weighted by Crippen LogP contribution is -2.22. The third-order valence-corrected chi connectivity index (χ3v) is 4.87. The number of benzene rings is 1. The molecule has 0 atom stereocenters. The van der Waals surface area contributed by atoms with Crippen molar-refractivity contribution >= 4 is 29.2 Å². The maximum atomic E-state index is 12.6. The zero-order valence-corrected chi connectivity index (χ0v) is 16.7. The second-order valence-corrected chi connectivity index (χ2v) is 6.83. The van der Waals surface area contributed by atoms with Gasteiger partial charge in [0, 0.05) is 31.4 Å². The van der Waals surface area contributed by atoms with Crippen LogP contribution in [0.2, 0.25) is 10.0 Å². The highest BCUT2D eigenvalue weighted by Gasteiger charge is 2.23. The summed E-state index contributed by atoms with van der Waals surface area (Å²) in [6, 6.07) is 7.66. The zero-order valence-electron chi connectivity index (χ0n) is 15.1. The summed E-state index contributed by atoms with van der Waals surface area (Å²) in [5, 5.41) is 14.4. The van der Waals surface area contributed by atoms with Gasteiger partial charge in [-0.25, -0.2) is 4.79 Å². The van der Waals surface area contributed by atoms with Crippen molar-refractivity contribution in [2.75, 3.05) is 0 Å². The summed E-state index contributed by atoms with van der Waals surface area (Å²) in [4.78, 5) is 24.4. The summed E-state index contributed by atoms with van der Waals surface area (Å²) in [6.07, 6.45) is 1.78. The van der Waals surface area contributed by atoms with Crippen LogP contribution in [-0.4, -0.2) is 25.4 Å². The molecule has 0 saturated carbocycles. The minimum absolute atomic E-state index is 0.132. The normalized spacial score (nSPS) is 10.9. The molecule has 7 nitrogen and oxygen atoms in total. The van der Waals surface area contributed by atoms with E-state index < -0.39 is 11.4 Å². The summed E-state index contributed by atoms with van der Waals surface area (Å²) >= 11 is 12.1. The molecule has 0 aliphatic carbocycles. The quantitative estimate of drug-likeness (QED) is 0.652. The predicted octanol–water partition coefficient (Wildman–Crippen LogP) is 3.85. The molecule has 146 valence electrons. The predicted molar refractivity (Wildman–Crippen MR) is 106 cm³/mol. The van der Waals surface area contributed by atoms with E-state index in [1.165, 1.54) is 12.1 Å². The number of nitrogens with zero attached hydrogens (tertiary/aromatic N) is 3. The van der Waals surface area contributed by atoms with Gasteiger partial charge in [0.1, 0.15) is 12.2 Å². The lowest BCUT2D eigenvalue weighted by molar-refractivity contribution is 0.0695. The number of aryl methyl sites for hydroxylation is 1. The van der Waals surface area contributed by atoms with E-state index in [1.807, 2.05) is 6.92 Å². The number of pyridine rings is 1. The SMILES string of the molecule is CCn1c(OCc2ccn(C)n2)cc(=O)c(C(=O)O)c1-c1ccc(Cl)c(Cl)c1. The molecule has 0 amide bonds. The molecule has 1 N–H and O–H groups in total. The smallest absolute Gasteiger partial charge is 0.341 e. The highest BCUT2D eigenvalue weighted by Crippen LogP contribution is 2.32. The molecule has 9 heteroatoms. The number of hydrogen-bond donors (Lipinski definition) is 1. The molecule has 0 radical (unpaired) electrons. The first-order valence-corrected chi connectivity index (χ1v) is 9.15. The standard InChI is InChI=1S/C19H17Cl2N3O4/c1-3-24-16(28-10-12-6-7-23(2)22-12)9-15(25)17(19(26)27)18(24)11-4-5-13(20)14(21)8-11/h4-9H,3,10H2,1-2H3,(H,26,27). The molecule has 2 heterocycles. The monoisotopic (exact) mass is 421 g/mol. The first kappa shape index (κ1) is 20.0. The van der Waals surface area contributed by atoms with Crippen molar-refractivity contribution in [2.24, 2.45) is 7.05 Å². The first-order valence-electron chi connectivity index (χ1n) is 8.39. The molecule has 2 aromatic heterocycles. The number of ether oxygens (including phenoxy) is 1. The number of carboxylic acids is 1. The lowest BCUT2D eigenvalue weighted by Gasteiger charge is -2.19. The molecule has 3 rings (SSSR count). The number of aromatic carboxylic acids is 1. The Balaban J connectivity index is 2.16. The van der Waals surface area contributed by atoms with E-state index in [4.69, 9.17) is 27.9 Å². The van der Waals surface area contributed by atoms with E-state index in [-0.39, 0.29) is 28.8 Å². The van der Waals surface area contributed by atoms with E-state index in [1.54, 1.807) is 40.7 Å². The van der Waals surface area contributed by atoms with Gasteiger partial charge in [0.2, 0.25) is 5.43 Å². The van der Waals surface area contributed by atoms with Gasteiger partial charge in [0.05, 0.1) is 21.4 Å². The van der Waals surface area contributed by atoms with Crippen LogP contribution in [0.1, 0.15) is 23.0 Å². The number of carboxylic acid groups (broad SMARTS) is 1. The van der Waals surface area contributed by atoms with Crippen LogP contribution in [0, 0.1) is 0 Å². The molecule has 0 aliphatic rings. The Kier molecular flexibility index (Phi) is 5.76. The van der Waals surface area contributed by atoms with Gasteiger partial charge in [-0.2, -0.15) is 5.10 Å². The van der Waals surface area contributed by atoms with E-state index in [9.17, 15) is 14.7 Å². The van der Waals surface area contributed by atoms with Crippen LogP contribution in [0.5, 0.6) is 5.88 Å². The highest BCUT2D eigenvalue weighted by molar-refractivity contribution is 6.42. The average molecular weight is 422 g/mol. The van der Waals surface area contributed by atoms with Gasteiger partial charge in [0.25, 0.3) is 0 Å². The lowest BCUT2D eigenvalue weighted by atomic mass is 10.0. The molecule has 0 bridgehead atoms. The average Bonchev–Trinajstić information content (AvgIpc) is 3.06. The van der Waals surface area contributed by atoms with Crippen LogP contribution >= 0.6 is 23.2 Å². The topological polar surface area (TPSA) is 86.4 Å². The minimum atomic E-state index is -1.33. The fraction of sp³-hybridized carbons (Fsp3) is 0.211. The number of rotatable bonds is 6. The summed E-state index contributed by atoms with van der Waals surface area (Å²) in [5.41, 5.74) is 0.321. The zero-order chi connectivity index (χ0) is 20.4. The van der Waals surface area contributed by atoms with Crippen LogP contribution in [0.3, 0.4) is 0 Å². The van der Waals surface area contributed by atoms with Crippen LogP contribution in [-0.2, 0) is 20.2 Å². The van der Waals surface area contributed by atoms with Crippen molar-refractivity contribution in [3.05, 3.63) is 68.1 Å². The summed E-state index contributed by atoms with van der Waals surface area (Å²) in [6.45, 7) is 2.33. The van der Waals surface area contributed by atoms with Gasteiger partial charge < -0.3 is 14.4 Å². The fourth-order valence-electron chi connectivity index (χ4n) is 2.90. The Bertz CT molecular complexity index is 1110. The number of aromatic nitrogens is 3. The van der Waals surface area contributed by atoms with Gasteiger partial charge in [-0.05, 0) is 25.1 Å². The number of hydrogen-bond acceptors (Lipinski definition) is 4. The van der Waals surface area contributed by atoms with Crippen LogP contribution in [0.25, 0.3) is 11.3 Å². The van der Waals surface area contributed by atoms with Gasteiger partial charge >= 0.3 is 5.97 Å². The van der Waals surface area contributed by atoms with E-state index in [2.05, 4.69) is 5.10 Å². The van der Waals surface area contributed by atoms with Gasteiger partial charge in [-0.15, -0.1) is 0 Å². The molecule has 0 saturated heterocycles. The molecule has 1 aromatic carbocycles. The third kappa shape index (κ3) is 3.90. The Morgan fingerprint density at radius 3 is 2.54 bits per heavy atom. The molecule has 0 spiro atoms. The van der Waals surface area contributed by atoms with Crippen molar-refractivity contribution in [3.63, 3.8) is 0 Å². The maximum Gasteiger partial charge on any atom is 0.341 e. The summed E-state index contributed by atoms with van der Waals surface area (Å²) in [5.74, 6) is -1.09. The van der Waals surface area contributed by atoms with E-state index in [0.29, 0.717) is 22.8 Å². The second kappa shape index (κ2) is 8.08. The Morgan fingerprint density at radius 2 is 1.96 bits per heavy atom. The molecular weight excluding hydrogens is 405 g/mol. The summed E-state index contributed by atoms with van der Waals surface area (Å²) < 4.78 is 9.05. The van der Waals surface area contributed by atoms with Crippen molar-refractivity contribution in [1.82, 2.24) is 14.3 Å². The fourth-order valence-corrected chi connectivity index (χ4v) is 3.19. The van der Waals surface area contributed by atoms with Crippen LogP contribution < -0.4 is 10.2 Å². The first-order chi connectivity index (χ1) is 13.3. The molecule has 28 heavy (non-hydrogen) atoms. The molecular formula is C19H17Cl2N3O4. The minimum Gasteiger partial charge on any atom is -0.477 e. The van der Waals surface area contributed by atoms with Crippen molar-refractivity contribution < 1.29 is 14.6 Å². The van der Waals surface area contributed by atoms with Crippen molar-refractivity contribution in [3.8, 4) is 17.1 Å². The Labute approximate surface area is 170 Å². The van der Waals surface area contributed by atoms with Gasteiger partial charge in [0.15, 0.2) is 5.88 Å². The largest absolute Gasteiger partial charge is 0.477 e. The third-order valence-electron chi connectivity index (χ3n) is 4.13. The molecule has 0 aliphatic heterocycles. The molecule has 0 unspecified atom stereocenters. The van der Waals surface area contributed by atoms with Crippen molar-refractivity contribution in [2.45, 2.75) is 20.1 Å². The van der Waals surface area contributed by atoms with Gasteiger partial charge in [-0.1, -0.05) is 29.3 Å². The number of carbonyl (C=O) groups is 1. The van der Waals surface area contributed by atoms with Crippen LogP contribution in [0.4, 0.5) is 0 Å². The second-order valence-electron chi connectivity index (χ2n) is 6.02. The Hall–Kier alpha value is -2.77. The van der Waals surface area contributed by atoms with Crippen LogP contribution in [0.15, 0.2) is 41.3 Å².